The van der Waals surface area contributed by atoms with Crippen LogP contribution in [0.25, 0.3) is 33.5 Å². The van der Waals surface area contributed by atoms with Gasteiger partial charge in [-0.25, -0.2) is 42.8 Å². The molecule has 0 aromatic carbocycles. The number of phosphoric ester groups is 3. The number of rotatable bonds is 21. The van der Waals surface area contributed by atoms with E-state index in [0.717, 1.165) is 17.2 Å². The highest BCUT2D eigenvalue weighted by Crippen LogP contribution is 2.68. The highest BCUT2D eigenvalue weighted by Gasteiger charge is 2.51. The van der Waals surface area contributed by atoms with Crippen LogP contribution in [0.4, 0.5) is 17.7 Å². The van der Waals surface area contributed by atoms with E-state index in [4.69, 9.17) is 54.2 Å². The number of hydrogen-bond acceptors (Lipinski definition) is 28. The van der Waals surface area contributed by atoms with Crippen LogP contribution in [-0.2, 0) is 71.0 Å². The van der Waals surface area contributed by atoms with Gasteiger partial charge in [-0.1, -0.05) is 4.98 Å². The fourth-order valence-electron chi connectivity index (χ4n) is 8.72. The number of imidazole rings is 3. The first-order chi connectivity index (χ1) is 35.7. The van der Waals surface area contributed by atoms with E-state index < -0.39 is 136 Å². The van der Waals surface area contributed by atoms with Crippen LogP contribution in [0.5, 0.6) is 0 Å². The minimum atomic E-state index is -6.14. The van der Waals surface area contributed by atoms with Crippen molar-refractivity contribution in [1.82, 2.24) is 53.6 Å². The summed E-state index contributed by atoms with van der Waals surface area (Å²) in [5.41, 5.74) is 15.9. The van der Waals surface area contributed by atoms with Gasteiger partial charge in [0.25, 0.3) is 17.1 Å². The third-order valence-corrected chi connectivity index (χ3v) is 17.3. The fourth-order valence-corrected chi connectivity index (χ4v) is 13.2. The minimum Gasteiger partial charge on any atom is -0.387 e. The molecule has 6 aromatic heterocycles. The molecule has 15 atom stereocenters. The van der Waals surface area contributed by atoms with Gasteiger partial charge in [0.2, 0.25) is 17.7 Å². The Kier molecular flexibility index (Phi) is 15.6. The van der Waals surface area contributed by atoms with Crippen LogP contribution in [0, 0.1) is 5.92 Å². The normalized spacial score (nSPS) is 29.2. The Labute approximate surface area is 422 Å². The number of fused-ring (bicyclic) bond motifs is 3. The Morgan fingerprint density at radius 2 is 1.37 bits per heavy atom. The zero-order valence-corrected chi connectivity index (χ0v) is 42.6. The number of aromatic amines is 2. The number of nitrogens with one attached hydrogen (secondary N) is 2. The molecule has 0 aliphatic carbocycles. The van der Waals surface area contributed by atoms with Crippen molar-refractivity contribution in [2.45, 2.75) is 74.3 Å². The predicted octanol–water partition coefficient (Wildman–Crippen LogP) is -3.04. The van der Waals surface area contributed by atoms with E-state index in [-0.39, 0.29) is 64.2 Å². The topological polar surface area (TPSA) is 542 Å². The van der Waals surface area contributed by atoms with Crippen LogP contribution in [0.1, 0.15) is 31.5 Å². The first-order valence-corrected chi connectivity index (χ1v) is 28.0. The van der Waals surface area contributed by atoms with Crippen LogP contribution in [0.15, 0.2) is 34.9 Å². The molecule has 0 amide bonds. The lowest BCUT2D eigenvalue weighted by Gasteiger charge is -2.24. The standard InChI is InChI=1S/C34H47N15O23P4/c1-46-12-49(28-21(46)30(54)45-34(37)43-28)31-22(50)13(3-4-63-2)15(68-31)6-65-74(57,58)71-76(61,62)72-75(59,60)66-7-16-14(5-18(67-16)47-10-40-19-25(35)38-9-39-26(19)47)70-73(55,56)64-8-17-23(51)24(52)32(69-17)48-11-41-20-27(48)42-33(36)44-29(20)53/h9-18,22-24,31-32,50-52H,3-8H2,1-2H3,(H11-,35,36,37,38,39,42,43,44,45,53,54,55,56,57,58,59,60,61,62)/p+1/t13-,14+,15-,16-,17-,18-,22-,23-,24-,31-,32-/m1/s1. The molecule has 416 valence electrons. The third-order valence-electron chi connectivity index (χ3n) is 12.1. The third kappa shape index (κ3) is 11.5. The highest BCUT2D eigenvalue weighted by molar-refractivity contribution is 7.66. The zero-order chi connectivity index (χ0) is 54.8. The number of H-pyrrole nitrogens is 2. The second-order valence-corrected chi connectivity index (χ2v) is 23.1. The average molecular weight is 1160 g/mol. The number of nitrogen functional groups attached to an aromatic ring is 3. The summed E-state index contributed by atoms with van der Waals surface area (Å²) in [7, 11) is -20.2. The first-order valence-electron chi connectivity index (χ1n) is 22.0. The molecule has 3 aliphatic heterocycles. The number of hydrogen-bond donors (Lipinski definition) is 12. The van der Waals surface area contributed by atoms with Crippen LogP contribution in [-0.4, -0.2) is 165 Å². The lowest BCUT2D eigenvalue weighted by atomic mass is 9.95. The van der Waals surface area contributed by atoms with Crippen molar-refractivity contribution < 1.29 is 103 Å². The molecule has 4 unspecified atom stereocenters. The largest absolute Gasteiger partial charge is 0.490 e. The Morgan fingerprint density at radius 1 is 0.737 bits per heavy atom. The summed E-state index contributed by atoms with van der Waals surface area (Å²) in [4.78, 5) is 96.1. The second-order valence-electron chi connectivity index (χ2n) is 17.1. The van der Waals surface area contributed by atoms with Crippen molar-refractivity contribution in [2.75, 3.05) is 50.7 Å². The minimum absolute atomic E-state index is 0.000640. The molecule has 9 rings (SSSR count). The molecule has 15 N–H and O–H groups in total. The van der Waals surface area contributed by atoms with Gasteiger partial charge in [-0.05, 0) is 6.42 Å². The van der Waals surface area contributed by atoms with E-state index in [0.29, 0.717) is 0 Å². The maximum Gasteiger partial charge on any atom is 0.490 e. The van der Waals surface area contributed by atoms with Crippen molar-refractivity contribution in [3.05, 3.63) is 46.0 Å². The molecule has 3 fully saturated rings. The van der Waals surface area contributed by atoms with Gasteiger partial charge in [0.15, 0.2) is 35.2 Å². The summed E-state index contributed by atoms with van der Waals surface area (Å²) in [6, 6.07) is 0. The Bertz CT molecular complexity index is 3470. The highest BCUT2D eigenvalue weighted by atomic mass is 31.3. The summed E-state index contributed by atoms with van der Waals surface area (Å²) in [6.45, 7) is -2.98. The van der Waals surface area contributed by atoms with Gasteiger partial charge in [-0.2, -0.15) is 13.6 Å². The maximum atomic E-state index is 13.5. The van der Waals surface area contributed by atoms with E-state index in [1.807, 2.05) is 0 Å². The number of anilines is 3. The number of aromatic nitrogens is 12. The van der Waals surface area contributed by atoms with Crippen molar-refractivity contribution >= 4 is 82.5 Å². The molecular formula is C34H48N15O23P4+. The quantitative estimate of drug-likeness (QED) is 0.0252. The van der Waals surface area contributed by atoms with Crippen molar-refractivity contribution in [2.24, 2.45) is 13.0 Å². The molecular weight excluding hydrogens is 1110 g/mol. The van der Waals surface area contributed by atoms with E-state index in [2.05, 4.69) is 48.5 Å². The molecule has 0 spiro atoms. The monoisotopic (exact) mass is 1160 g/mol. The van der Waals surface area contributed by atoms with Gasteiger partial charge in [0.05, 0.1) is 45.6 Å². The van der Waals surface area contributed by atoms with Gasteiger partial charge < -0.3 is 71.0 Å². The smallest absolute Gasteiger partial charge is 0.387 e. The number of aryl methyl sites for hydroxylation is 1. The lowest BCUT2D eigenvalue weighted by Crippen LogP contribution is -2.45. The number of aliphatic hydroxyl groups excluding tert-OH is 3. The Morgan fingerprint density at radius 3 is 2.08 bits per heavy atom. The van der Waals surface area contributed by atoms with Crippen molar-refractivity contribution in [3.8, 4) is 0 Å². The average Bonchev–Trinajstić information content (AvgIpc) is 4.19. The molecule has 3 saturated heterocycles. The van der Waals surface area contributed by atoms with Crippen LogP contribution < -0.4 is 32.9 Å². The number of phosphoric acid groups is 4. The lowest BCUT2D eigenvalue weighted by molar-refractivity contribution is -0.745. The molecule has 76 heavy (non-hydrogen) atoms. The SMILES string of the molecule is COCC[C@H]1[C@@H](O)[C@H]([n+]2cn(C)c3c(=O)[nH]c(N)nc32)O[C@@H]1COP(=O)(O)OP(=O)(O)OP(=O)(O)OC[C@H]1O[C@@H](n2cnc3c(N)ncnc32)C[C@@H]1OP(=O)(O)OC[C@H]1O[C@@H](n2cnc3c(=O)[nH]c(N)nc32)[C@H](O)[C@@H]1O. The van der Waals surface area contributed by atoms with Gasteiger partial charge in [-0.3, -0.25) is 51.4 Å². The number of aliphatic hydroxyl groups is 3. The van der Waals surface area contributed by atoms with Crippen molar-refractivity contribution in [3.63, 3.8) is 0 Å². The molecule has 0 radical (unpaired) electrons. The molecule has 38 nitrogen and oxygen atoms in total. The number of nitrogens with zero attached hydrogens (tertiary/aromatic N) is 10. The van der Waals surface area contributed by atoms with Crippen LogP contribution >= 0.6 is 31.3 Å². The van der Waals surface area contributed by atoms with Crippen LogP contribution in [0.2, 0.25) is 0 Å². The van der Waals surface area contributed by atoms with Crippen LogP contribution in [0.3, 0.4) is 0 Å². The number of ether oxygens (including phenoxy) is 4. The number of methoxy groups -OCH3 is 1. The summed E-state index contributed by atoms with van der Waals surface area (Å²) in [6.07, 6.45) is -10.7. The Hall–Kier alpha value is -5.11. The predicted molar refractivity (Wildman–Crippen MR) is 247 cm³/mol. The summed E-state index contributed by atoms with van der Waals surface area (Å²) < 4.78 is 110. The maximum absolute atomic E-state index is 13.5. The van der Waals surface area contributed by atoms with E-state index in [1.165, 1.54) is 40.5 Å². The summed E-state index contributed by atoms with van der Waals surface area (Å²) in [5.74, 6) is -1.53. The fraction of sp³-hybridized carbons (Fsp3) is 0.559. The van der Waals surface area contributed by atoms with Gasteiger partial charge >= 0.3 is 36.9 Å². The molecule has 42 heteroatoms. The molecule has 0 bridgehead atoms. The zero-order valence-electron chi connectivity index (χ0n) is 39.1. The van der Waals surface area contributed by atoms with Gasteiger partial charge in [0.1, 0.15) is 54.7 Å². The molecule has 0 saturated carbocycles. The molecule has 3 aliphatic rings. The van der Waals surface area contributed by atoms with Crippen molar-refractivity contribution in [1.29, 1.82) is 0 Å². The van der Waals surface area contributed by atoms with Gasteiger partial charge in [-0.15, -0.1) is 0 Å². The second kappa shape index (κ2) is 21.3. The first kappa shape index (κ1) is 55.6. The van der Waals surface area contributed by atoms with Gasteiger partial charge in [0, 0.05) is 26.1 Å². The Balaban J connectivity index is 0.847. The number of nitrogens with two attached hydrogens (primary N) is 3. The van der Waals surface area contributed by atoms with E-state index in [9.17, 15) is 62.7 Å². The summed E-state index contributed by atoms with van der Waals surface area (Å²) in [5, 5.41) is 33.0. The van der Waals surface area contributed by atoms with E-state index in [1.54, 1.807) is 0 Å². The van der Waals surface area contributed by atoms with E-state index >= 15 is 0 Å². The molecule has 6 aromatic rings. The summed E-state index contributed by atoms with van der Waals surface area (Å²) >= 11 is 0. The molecule has 9 heterocycles.